The zero-order valence-electron chi connectivity index (χ0n) is 19.5. The molecule has 12 nitrogen and oxygen atoms in total. The predicted octanol–water partition coefficient (Wildman–Crippen LogP) is -2.61. The van der Waals surface area contributed by atoms with Crippen LogP contribution < -0.4 is 0 Å². The first kappa shape index (κ1) is 27.8. The van der Waals surface area contributed by atoms with Crippen molar-refractivity contribution in [3.8, 4) is 0 Å². The fourth-order valence-corrected chi connectivity index (χ4v) is 2.19. The molecule has 0 atom stereocenters. The lowest BCUT2D eigenvalue weighted by molar-refractivity contribution is -0.145. The molecule has 0 fully saturated rings. The van der Waals surface area contributed by atoms with Crippen molar-refractivity contribution in [2.75, 3.05) is 81.6 Å². The van der Waals surface area contributed by atoms with Gasteiger partial charge in [0.2, 0.25) is 35.9 Å². The highest BCUT2D eigenvalue weighted by Crippen LogP contribution is 1.97. The van der Waals surface area contributed by atoms with Gasteiger partial charge in [0, 0.05) is 48.8 Å². The number of hydrogen-bond acceptors (Lipinski definition) is 6. The number of carbonyl (C=O) groups excluding carboxylic acids is 6. The van der Waals surface area contributed by atoms with E-state index in [0.29, 0.717) is 13.0 Å². The van der Waals surface area contributed by atoms with E-state index >= 15 is 0 Å². The van der Waals surface area contributed by atoms with E-state index in [2.05, 4.69) is 0 Å². The van der Waals surface area contributed by atoms with E-state index in [0.717, 1.165) is 14.7 Å². The van der Waals surface area contributed by atoms with Gasteiger partial charge in [0.05, 0.1) is 32.7 Å². The van der Waals surface area contributed by atoms with Crippen molar-refractivity contribution >= 4 is 35.9 Å². The zero-order valence-corrected chi connectivity index (χ0v) is 19.5. The van der Waals surface area contributed by atoms with Gasteiger partial charge in [-0.15, -0.1) is 0 Å². The van der Waals surface area contributed by atoms with Crippen LogP contribution in [0.3, 0.4) is 0 Å². The van der Waals surface area contributed by atoms with Crippen LogP contribution in [0.1, 0.15) is 6.92 Å². The largest absolute Gasteiger partial charge is 0.345 e. The number of nitrogens with zero attached hydrogens (tertiary/aromatic N) is 6. The number of amides is 6. The van der Waals surface area contributed by atoms with E-state index in [1.807, 2.05) is 6.92 Å². The zero-order chi connectivity index (χ0) is 24.3. The minimum absolute atomic E-state index is 0.0940. The van der Waals surface area contributed by atoms with Crippen LogP contribution >= 0.6 is 0 Å². The minimum atomic E-state index is -0.469. The van der Waals surface area contributed by atoms with E-state index in [1.54, 1.807) is 7.05 Å². The molecule has 0 aliphatic carbocycles. The molecule has 0 rings (SSSR count). The van der Waals surface area contributed by atoms with Gasteiger partial charge in [-0.1, -0.05) is 0 Å². The molecule has 6 amide bonds. The highest BCUT2D eigenvalue weighted by Gasteiger charge is 2.22. The molecule has 0 bridgehead atoms. The molecule has 0 N–H and O–H groups in total. The third-order valence-electron chi connectivity index (χ3n) is 4.66. The predicted molar refractivity (Wildman–Crippen MR) is 113 cm³/mol. The van der Waals surface area contributed by atoms with E-state index in [9.17, 15) is 28.8 Å². The van der Waals surface area contributed by atoms with Crippen LogP contribution in [0, 0.1) is 0 Å². The van der Waals surface area contributed by atoms with Crippen molar-refractivity contribution in [1.29, 1.82) is 0 Å². The smallest absolute Gasteiger partial charge is 0.242 e. The number of hydrogen-bond donors (Lipinski definition) is 0. The van der Waals surface area contributed by atoms with Crippen LogP contribution in [-0.2, 0) is 28.8 Å². The van der Waals surface area contributed by atoms with Crippen LogP contribution in [0.25, 0.3) is 0 Å². The molecule has 0 aromatic heterocycles. The maximum atomic E-state index is 12.4. The van der Waals surface area contributed by atoms with Crippen LogP contribution in [0.5, 0.6) is 0 Å². The standard InChI is InChI=1S/C19H34N6O6/c1-8-21(3)16(28)10-23(5)18(30)12-25(7)19(31)13-24(6)17(29)11-22(4)15(27)9-20(2)14-26/h14H,8-13H2,1-7H3. The van der Waals surface area contributed by atoms with Crippen LogP contribution in [-0.4, -0.2) is 147 Å². The van der Waals surface area contributed by atoms with Crippen molar-refractivity contribution in [1.82, 2.24) is 29.4 Å². The maximum absolute atomic E-state index is 12.4. The van der Waals surface area contributed by atoms with Gasteiger partial charge >= 0.3 is 0 Å². The van der Waals surface area contributed by atoms with Crippen molar-refractivity contribution in [3.63, 3.8) is 0 Å². The first-order valence-corrected chi connectivity index (χ1v) is 9.69. The summed E-state index contributed by atoms with van der Waals surface area (Å²) in [6.07, 6.45) is 0.505. The normalized spacial score (nSPS) is 10.0. The summed E-state index contributed by atoms with van der Waals surface area (Å²) in [6, 6.07) is 0. The monoisotopic (exact) mass is 442 g/mol. The average molecular weight is 443 g/mol. The van der Waals surface area contributed by atoms with Crippen molar-refractivity contribution < 1.29 is 28.8 Å². The molecule has 0 aromatic carbocycles. The van der Waals surface area contributed by atoms with Gasteiger partial charge in [-0.2, -0.15) is 0 Å². The van der Waals surface area contributed by atoms with Crippen molar-refractivity contribution in [2.45, 2.75) is 6.92 Å². The summed E-state index contributed by atoms with van der Waals surface area (Å²) in [7, 11) is 8.82. The second-order valence-electron chi connectivity index (χ2n) is 7.43. The molecule has 176 valence electrons. The van der Waals surface area contributed by atoms with Gasteiger partial charge in [-0.05, 0) is 6.92 Å². The summed E-state index contributed by atoms with van der Waals surface area (Å²) in [4.78, 5) is 78.7. The van der Waals surface area contributed by atoms with E-state index < -0.39 is 23.6 Å². The number of carbonyl (C=O) groups is 6. The van der Waals surface area contributed by atoms with Crippen LogP contribution in [0.2, 0.25) is 0 Å². The topological polar surface area (TPSA) is 122 Å². The quantitative estimate of drug-likeness (QED) is 0.305. The summed E-state index contributed by atoms with van der Waals surface area (Å²) in [6.45, 7) is 1.31. The number of rotatable bonds is 12. The molecule has 31 heavy (non-hydrogen) atoms. The highest BCUT2D eigenvalue weighted by molar-refractivity contribution is 5.91. The van der Waals surface area contributed by atoms with Gasteiger partial charge in [-0.25, -0.2) is 0 Å². The van der Waals surface area contributed by atoms with Gasteiger partial charge in [0.1, 0.15) is 0 Å². The molecule has 12 heteroatoms. The summed E-state index contributed by atoms with van der Waals surface area (Å²) in [5, 5.41) is 0. The van der Waals surface area contributed by atoms with Gasteiger partial charge in [-0.3, -0.25) is 28.8 Å². The highest BCUT2D eigenvalue weighted by atomic mass is 16.2. The summed E-state index contributed by atoms with van der Waals surface area (Å²) < 4.78 is 0. The lowest BCUT2D eigenvalue weighted by Gasteiger charge is -2.26. The Morgan fingerprint density at radius 1 is 0.516 bits per heavy atom. The molecule has 0 aliphatic heterocycles. The second-order valence-corrected chi connectivity index (χ2v) is 7.43. The summed E-state index contributed by atoms with van der Waals surface area (Å²) in [5.74, 6) is -1.98. The first-order valence-electron chi connectivity index (χ1n) is 9.69. The van der Waals surface area contributed by atoms with Crippen molar-refractivity contribution in [2.24, 2.45) is 0 Å². The fraction of sp³-hybridized carbons (Fsp3) is 0.684. The Balaban J connectivity index is 4.62. The Hall–Kier alpha value is -3.18. The molecule has 0 heterocycles. The van der Waals surface area contributed by atoms with Crippen LogP contribution in [0.15, 0.2) is 0 Å². The lowest BCUT2D eigenvalue weighted by Crippen LogP contribution is -2.48. The van der Waals surface area contributed by atoms with Crippen molar-refractivity contribution in [3.05, 3.63) is 0 Å². The van der Waals surface area contributed by atoms with Gasteiger partial charge in [0.15, 0.2) is 0 Å². The molecular formula is C19H34N6O6. The minimum Gasteiger partial charge on any atom is -0.345 e. The SMILES string of the molecule is CCN(C)C(=O)CN(C)C(=O)CN(C)C(=O)CN(C)C(=O)CN(C)C(=O)CN(C)C=O. The molecule has 0 radical (unpaired) electrons. The maximum Gasteiger partial charge on any atom is 0.242 e. The average Bonchev–Trinajstić information content (AvgIpc) is 2.71. The third-order valence-corrected chi connectivity index (χ3v) is 4.66. The second kappa shape index (κ2) is 13.2. The van der Waals surface area contributed by atoms with E-state index in [4.69, 9.17) is 0 Å². The first-order chi connectivity index (χ1) is 14.3. The molecule has 0 saturated carbocycles. The molecular weight excluding hydrogens is 408 g/mol. The number of likely N-dealkylation sites (N-methyl/N-ethyl adjacent to an activating group) is 6. The Kier molecular flexibility index (Phi) is 11.8. The van der Waals surface area contributed by atoms with Gasteiger partial charge in [0.25, 0.3) is 0 Å². The molecule has 0 spiro atoms. The van der Waals surface area contributed by atoms with E-state index in [1.165, 1.54) is 49.9 Å². The Bertz CT molecular complexity index is 685. The Morgan fingerprint density at radius 2 is 0.774 bits per heavy atom. The molecule has 0 aromatic rings. The Labute approximate surface area is 183 Å². The Morgan fingerprint density at radius 3 is 1.03 bits per heavy atom. The summed E-state index contributed by atoms with van der Waals surface area (Å²) in [5.41, 5.74) is 0. The molecule has 0 unspecified atom stereocenters. The van der Waals surface area contributed by atoms with Gasteiger partial charge < -0.3 is 29.4 Å². The molecule has 0 aliphatic rings. The fourth-order valence-electron chi connectivity index (χ4n) is 2.19. The molecule has 0 saturated heterocycles. The van der Waals surface area contributed by atoms with Crippen LogP contribution in [0.4, 0.5) is 0 Å². The third kappa shape index (κ3) is 9.92. The van der Waals surface area contributed by atoms with E-state index in [-0.39, 0.29) is 38.6 Å². The lowest BCUT2D eigenvalue weighted by atomic mass is 10.3. The summed E-state index contributed by atoms with van der Waals surface area (Å²) >= 11 is 0.